The lowest BCUT2D eigenvalue weighted by molar-refractivity contribution is 0.539. The molecule has 3 aromatic rings. The number of hydrogen-bond acceptors (Lipinski definition) is 5. The van der Waals surface area contributed by atoms with Gasteiger partial charge in [-0.2, -0.15) is 9.94 Å². The molecule has 1 aliphatic rings. The third-order valence-corrected chi connectivity index (χ3v) is 5.12. The fourth-order valence-electron chi connectivity index (χ4n) is 3.37. The average molecular weight is 400 g/mol. The Morgan fingerprint density at radius 1 is 1.07 bits per heavy atom. The molecule has 2 aromatic carbocycles. The van der Waals surface area contributed by atoms with Crippen LogP contribution in [0.3, 0.4) is 0 Å². The van der Waals surface area contributed by atoms with Crippen molar-refractivity contribution < 1.29 is 0 Å². The molecule has 4 rings (SSSR count). The molecule has 0 bridgehead atoms. The van der Waals surface area contributed by atoms with Gasteiger partial charge in [-0.3, -0.25) is 9.59 Å². The van der Waals surface area contributed by atoms with Gasteiger partial charge in [-0.05, 0) is 24.3 Å². The maximum absolute atomic E-state index is 13.2. The summed E-state index contributed by atoms with van der Waals surface area (Å²) in [6.45, 7) is 0. The van der Waals surface area contributed by atoms with E-state index < -0.39 is 17.2 Å². The van der Waals surface area contributed by atoms with Crippen LogP contribution in [0.1, 0.15) is 11.6 Å². The average Bonchev–Trinajstić information content (AvgIpc) is 2.92. The summed E-state index contributed by atoms with van der Waals surface area (Å²) in [4.78, 5) is 26.2. The first-order valence-corrected chi connectivity index (χ1v) is 8.53. The molecule has 7 nitrogen and oxygen atoms in total. The monoisotopic (exact) mass is 399 g/mol. The van der Waals surface area contributed by atoms with E-state index in [9.17, 15) is 14.9 Å². The van der Waals surface area contributed by atoms with Crippen molar-refractivity contribution in [3.8, 4) is 6.07 Å². The number of benzene rings is 2. The number of aromatic nitrogens is 2. The molecule has 0 aliphatic carbocycles. The molecule has 1 aliphatic heterocycles. The maximum atomic E-state index is 13.2. The van der Waals surface area contributed by atoms with Crippen LogP contribution in [0.25, 0.3) is 16.6 Å². The van der Waals surface area contributed by atoms with Gasteiger partial charge >= 0.3 is 0 Å². The molecule has 0 amide bonds. The maximum Gasteiger partial charge on any atom is 0.281 e. The van der Waals surface area contributed by atoms with Crippen molar-refractivity contribution in [3.63, 3.8) is 0 Å². The number of halogens is 2. The van der Waals surface area contributed by atoms with Crippen molar-refractivity contribution in [3.05, 3.63) is 78.3 Å². The lowest BCUT2D eigenvalue weighted by Gasteiger charge is -2.18. The first kappa shape index (κ1) is 17.2. The van der Waals surface area contributed by atoms with Crippen LogP contribution in [-0.2, 0) is 0 Å². The van der Waals surface area contributed by atoms with E-state index in [0.717, 1.165) is 9.36 Å². The second kappa shape index (κ2) is 5.91. The summed E-state index contributed by atoms with van der Waals surface area (Å²) < 4.78 is 2.11. The minimum atomic E-state index is -0.953. The molecule has 0 saturated carbocycles. The quantitative estimate of drug-likeness (QED) is 0.608. The normalized spacial score (nSPS) is 15.8. The van der Waals surface area contributed by atoms with Crippen LogP contribution in [0.5, 0.6) is 0 Å². The van der Waals surface area contributed by atoms with Gasteiger partial charge in [-0.1, -0.05) is 35.3 Å². The fraction of sp³-hybridized carbons (Fsp3) is 0.0556. The van der Waals surface area contributed by atoms with Crippen molar-refractivity contribution in [1.82, 2.24) is 9.36 Å². The zero-order valence-electron chi connectivity index (χ0n) is 13.6. The molecule has 1 unspecified atom stereocenters. The summed E-state index contributed by atoms with van der Waals surface area (Å²) in [5.74, 6) is -0.138. The number of rotatable bonds is 1. The van der Waals surface area contributed by atoms with Crippen molar-refractivity contribution in [2.75, 3.05) is 5.73 Å². The van der Waals surface area contributed by atoms with Gasteiger partial charge in [0.15, 0.2) is 0 Å². The number of anilines is 1. The van der Waals surface area contributed by atoms with Gasteiger partial charge in [0.05, 0.1) is 10.8 Å². The Morgan fingerprint density at radius 3 is 2.48 bits per heavy atom. The van der Waals surface area contributed by atoms with E-state index in [-0.39, 0.29) is 32.9 Å². The summed E-state index contributed by atoms with van der Waals surface area (Å²) >= 11 is 12.3. The minimum Gasteiger partial charge on any atom is -0.398 e. The fourth-order valence-corrected chi connectivity index (χ4v) is 3.88. The molecule has 27 heavy (non-hydrogen) atoms. The molecule has 1 atom stereocenters. The second-order valence-electron chi connectivity index (χ2n) is 6.02. The Bertz CT molecular complexity index is 1330. The molecule has 9 heteroatoms. The predicted molar refractivity (Wildman–Crippen MR) is 104 cm³/mol. The van der Waals surface area contributed by atoms with Gasteiger partial charge in [-0.25, -0.2) is 4.68 Å². The molecule has 1 aromatic heterocycles. The summed E-state index contributed by atoms with van der Waals surface area (Å²) in [6.07, 6.45) is 0. The van der Waals surface area contributed by atoms with Gasteiger partial charge in [-0.15, -0.1) is 0 Å². The standard InChI is InChI=1S/C18H11Cl2N5O2/c19-8-4-5-9(12(20)6-8)15-11(7-21)16(23)25-18(27)14-10(17(26)24(15)25)2-1-3-13(14)22/h1-6,15H,22-23H2. The third-order valence-electron chi connectivity index (χ3n) is 4.56. The van der Waals surface area contributed by atoms with Gasteiger partial charge in [0.2, 0.25) is 0 Å². The summed E-state index contributed by atoms with van der Waals surface area (Å²) in [7, 11) is 0. The third kappa shape index (κ3) is 2.28. The Kier molecular flexibility index (Phi) is 3.77. The van der Waals surface area contributed by atoms with Crippen molar-refractivity contribution in [2.45, 2.75) is 6.04 Å². The number of allylic oxidation sites excluding steroid dienone is 1. The number of nitrogens with zero attached hydrogens (tertiary/aromatic N) is 3. The highest BCUT2D eigenvalue weighted by molar-refractivity contribution is 6.35. The smallest absolute Gasteiger partial charge is 0.281 e. The van der Waals surface area contributed by atoms with Gasteiger partial charge in [0.1, 0.15) is 23.5 Å². The van der Waals surface area contributed by atoms with Crippen molar-refractivity contribution >= 4 is 45.5 Å². The molecular weight excluding hydrogens is 389 g/mol. The Hall–Kier alpha value is -3.21. The number of nitriles is 1. The van der Waals surface area contributed by atoms with Crippen LogP contribution in [0.2, 0.25) is 10.0 Å². The first-order chi connectivity index (χ1) is 12.9. The number of nitrogen functional groups attached to an aromatic ring is 1. The highest BCUT2D eigenvalue weighted by Crippen LogP contribution is 2.37. The Balaban J connectivity index is 2.19. The molecule has 0 saturated heterocycles. The molecule has 0 radical (unpaired) electrons. The van der Waals surface area contributed by atoms with E-state index in [1.807, 2.05) is 6.07 Å². The van der Waals surface area contributed by atoms with Gasteiger partial charge in [0.25, 0.3) is 11.1 Å². The summed E-state index contributed by atoms with van der Waals surface area (Å²) in [5.41, 5.74) is 11.5. The highest BCUT2D eigenvalue weighted by atomic mass is 35.5. The van der Waals surface area contributed by atoms with Gasteiger partial charge in [0, 0.05) is 21.3 Å². The zero-order chi connectivity index (χ0) is 19.5. The predicted octanol–water partition coefficient (Wildman–Crippen LogP) is 2.31. The van der Waals surface area contributed by atoms with Gasteiger partial charge < -0.3 is 11.5 Å². The molecule has 4 N–H and O–H groups in total. The Labute approximate surface area is 162 Å². The highest BCUT2D eigenvalue weighted by Gasteiger charge is 2.36. The van der Waals surface area contributed by atoms with Crippen LogP contribution >= 0.6 is 23.2 Å². The number of fused-ring (bicyclic) bond motifs is 2. The van der Waals surface area contributed by atoms with E-state index >= 15 is 0 Å². The largest absolute Gasteiger partial charge is 0.398 e. The van der Waals surface area contributed by atoms with E-state index in [2.05, 4.69) is 0 Å². The van der Waals surface area contributed by atoms with E-state index in [1.54, 1.807) is 18.2 Å². The topological polar surface area (TPSA) is 120 Å². The number of hydrogen-bond donors (Lipinski definition) is 2. The second-order valence-corrected chi connectivity index (χ2v) is 6.86. The van der Waals surface area contributed by atoms with E-state index in [1.165, 1.54) is 18.2 Å². The SMILES string of the molecule is N#CC1=C(N)n2c(=O)c3c(N)cccc3c(=O)n2C1c1ccc(Cl)cc1Cl. The van der Waals surface area contributed by atoms with Crippen molar-refractivity contribution in [2.24, 2.45) is 5.73 Å². The lowest BCUT2D eigenvalue weighted by Crippen LogP contribution is -2.38. The number of nitrogens with two attached hydrogens (primary N) is 2. The summed E-state index contributed by atoms with van der Waals surface area (Å²) in [6, 6.07) is 10.3. The Morgan fingerprint density at radius 2 is 1.81 bits per heavy atom. The van der Waals surface area contributed by atoms with Crippen LogP contribution in [0.4, 0.5) is 5.69 Å². The van der Waals surface area contributed by atoms with Crippen LogP contribution < -0.4 is 22.6 Å². The van der Waals surface area contributed by atoms with E-state index in [0.29, 0.717) is 10.6 Å². The minimum absolute atomic E-state index is 0.0345. The van der Waals surface area contributed by atoms with Crippen molar-refractivity contribution in [1.29, 1.82) is 5.26 Å². The molecule has 134 valence electrons. The molecular formula is C18H11Cl2N5O2. The molecule has 0 fully saturated rings. The first-order valence-electron chi connectivity index (χ1n) is 7.78. The van der Waals surface area contributed by atoms with Crippen LogP contribution in [0.15, 0.2) is 51.6 Å². The zero-order valence-corrected chi connectivity index (χ0v) is 15.1. The van der Waals surface area contributed by atoms with Crippen LogP contribution in [0, 0.1) is 11.3 Å². The van der Waals surface area contributed by atoms with E-state index in [4.69, 9.17) is 34.7 Å². The molecule has 0 spiro atoms. The summed E-state index contributed by atoms with van der Waals surface area (Å²) in [5, 5.41) is 10.5. The molecule has 2 heterocycles. The lowest BCUT2D eigenvalue weighted by atomic mass is 10.0. The van der Waals surface area contributed by atoms with Crippen LogP contribution in [-0.4, -0.2) is 9.36 Å².